The van der Waals surface area contributed by atoms with Crippen LogP contribution in [0.15, 0.2) is 27.6 Å². The van der Waals surface area contributed by atoms with Crippen LogP contribution in [-0.4, -0.2) is 27.5 Å². The Balaban J connectivity index is 2.11. The summed E-state index contributed by atoms with van der Waals surface area (Å²) in [5.74, 6) is 0.328. The molecule has 2 N–H and O–H groups in total. The van der Waals surface area contributed by atoms with Crippen LogP contribution in [0, 0.1) is 5.92 Å². The van der Waals surface area contributed by atoms with Gasteiger partial charge in [0.2, 0.25) is 10.0 Å². The zero-order valence-electron chi connectivity index (χ0n) is 11.2. The molecule has 0 spiro atoms. The minimum Gasteiger partial charge on any atom is -0.316 e. The first kappa shape index (κ1) is 16.2. The van der Waals surface area contributed by atoms with E-state index in [1.54, 1.807) is 6.07 Å². The van der Waals surface area contributed by atoms with Gasteiger partial charge < -0.3 is 5.32 Å². The summed E-state index contributed by atoms with van der Waals surface area (Å²) in [6, 6.07) is 4.52. The lowest BCUT2D eigenvalue weighted by Crippen LogP contribution is -2.44. The summed E-state index contributed by atoms with van der Waals surface area (Å²) in [6.07, 6.45) is 2.13. The van der Waals surface area contributed by atoms with E-state index >= 15 is 0 Å². The van der Waals surface area contributed by atoms with Crippen molar-refractivity contribution in [2.75, 3.05) is 13.1 Å². The average molecular weight is 382 g/mol. The Morgan fingerprint density at radius 3 is 2.85 bits per heavy atom. The fraction of sp³-hybridized carbons (Fsp3) is 0.538. The molecule has 1 saturated heterocycles. The van der Waals surface area contributed by atoms with Gasteiger partial charge in [0.05, 0.1) is 9.92 Å². The van der Waals surface area contributed by atoms with Gasteiger partial charge in [0.25, 0.3) is 0 Å². The maximum absolute atomic E-state index is 12.4. The minimum absolute atomic E-state index is 0.0951. The summed E-state index contributed by atoms with van der Waals surface area (Å²) >= 11 is 9.14. The van der Waals surface area contributed by atoms with E-state index in [0.717, 1.165) is 25.9 Å². The molecular weight excluding hydrogens is 364 g/mol. The number of nitrogens with one attached hydrogen (secondary N) is 2. The Bertz CT molecular complexity index is 574. The van der Waals surface area contributed by atoms with Crippen LogP contribution in [0.1, 0.15) is 19.8 Å². The zero-order chi connectivity index (χ0) is 14.8. The molecule has 1 aliphatic rings. The summed E-state index contributed by atoms with van der Waals surface area (Å²) < 4.78 is 28.0. The van der Waals surface area contributed by atoms with Crippen molar-refractivity contribution >= 4 is 37.6 Å². The number of hydrogen-bond acceptors (Lipinski definition) is 3. The second-order valence-electron chi connectivity index (χ2n) is 5.09. The summed E-state index contributed by atoms with van der Waals surface area (Å²) in [5, 5.41) is 3.79. The summed E-state index contributed by atoms with van der Waals surface area (Å²) in [4.78, 5) is 0.226. The lowest BCUT2D eigenvalue weighted by molar-refractivity contribution is 0.320. The molecule has 1 fully saturated rings. The van der Waals surface area contributed by atoms with E-state index in [-0.39, 0.29) is 10.9 Å². The summed E-state index contributed by atoms with van der Waals surface area (Å²) in [7, 11) is -3.51. The summed E-state index contributed by atoms with van der Waals surface area (Å²) in [6.45, 7) is 3.79. The molecule has 112 valence electrons. The summed E-state index contributed by atoms with van der Waals surface area (Å²) in [5.41, 5.74) is 0. The highest BCUT2D eigenvalue weighted by Crippen LogP contribution is 2.26. The molecular formula is C13H18BrClN2O2S. The normalized spacial score (nSPS) is 21.6. The third-order valence-corrected chi connectivity index (χ3v) is 6.36. The van der Waals surface area contributed by atoms with Gasteiger partial charge in [-0.1, -0.05) is 11.6 Å². The Kier molecular flexibility index (Phi) is 5.48. The van der Waals surface area contributed by atoms with Gasteiger partial charge in [0.1, 0.15) is 0 Å². The van der Waals surface area contributed by atoms with Crippen molar-refractivity contribution in [3.8, 4) is 0 Å². The topological polar surface area (TPSA) is 58.2 Å². The van der Waals surface area contributed by atoms with E-state index in [0.29, 0.717) is 15.4 Å². The molecule has 4 nitrogen and oxygen atoms in total. The molecule has 2 rings (SSSR count). The lowest BCUT2D eigenvalue weighted by atomic mass is 9.94. The number of hydrogen-bond donors (Lipinski definition) is 2. The van der Waals surface area contributed by atoms with Crippen molar-refractivity contribution in [1.82, 2.24) is 10.0 Å². The Hall–Kier alpha value is -0.140. The van der Waals surface area contributed by atoms with E-state index in [9.17, 15) is 8.42 Å². The van der Waals surface area contributed by atoms with Crippen molar-refractivity contribution < 1.29 is 8.42 Å². The van der Waals surface area contributed by atoms with Crippen molar-refractivity contribution in [3.63, 3.8) is 0 Å². The molecule has 0 aromatic heterocycles. The molecule has 0 bridgehead atoms. The Morgan fingerprint density at radius 1 is 1.50 bits per heavy atom. The van der Waals surface area contributed by atoms with E-state index in [2.05, 4.69) is 26.0 Å². The van der Waals surface area contributed by atoms with Gasteiger partial charge in [0.15, 0.2) is 0 Å². The monoisotopic (exact) mass is 380 g/mol. The largest absolute Gasteiger partial charge is 0.316 e. The van der Waals surface area contributed by atoms with Crippen LogP contribution in [0.5, 0.6) is 0 Å². The van der Waals surface area contributed by atoms with Crippen LogP contribution in [0.2, 0.25) is 5.02 Å². The maximum atomic E-state index is 12.4. The quantitative estimate of drug-likeness (QED) is 0.843. The molecule has 1 aliphatic heterocycles. The molecule has 20 heavy (non-hydrogen) atoms. The van der Waals surface area contributed by atoms with Crippen molar-refractivity contribution in [2.45, 2.75) is 30.7 Å². The van der Waals surface area contributed by atoms with E-state index < -0.39 is 10.0 Å². The molecule has 0 saturated carbocycles. The number of halogens is 2. The molecule has 0 aliphatic carbocycles. The number of sulfonamides is 1. The van der Waals surface area contributed by atoms with E-state index in [4.69, 9.17) is 11.6 Å². The molecule has 1 heterocycles. The van der Waals surface area contributed by atoms with Gasteiger partial charge in [-0.25, -0.2) is 13.1 Å². The third kappa shape index (κ3) is 3.95. The fourth-order valence-electron chi connectivity index (χ4n) is 2.36. The first-order chi connectivity index (χ1) is 9.40. The van der Waals surface area contributed by atoms with Crippen LogP contribution < -0.4 is 10.0 Å². The predicted molar refractivity (Wildman–Crippen MR) is 84.5 cm³/mol. The van der Waals surface area contributed by atoms with Gasteiger partial charge >= 0.3 is 0 Å². The maximum Gasteiger partial charge on any atom is 0.240 e. The van der Waals surface area contributed by atoms with Crippen LogP contribution in [-0.2, 0) is 10.0 Å². The van der Waals surface area contributed by atoms with Gasteiger partial charge in [-0.15, -0.1) is 0 Å². The molecule has 7 heteroatoms. The second kappa shape index (κ2) is 6.75. The number of benzene rings is 1. The first-order valence-corrected chi connectivity index (χ1v) is 9.23. The molecule has 2 atom stereocenters. The SMILES string of the molecule is CC(NS(=O)(=O)c1ccc(Cl)c(Br)c1)C1CCCNC1. The highest BCUT2D eigenvalue weighted by atomic mass is 79.9. The smallest absolute Gasteiger partial charge is 0.240 e. The van der Waals surface area contributed by atoms with Crippen LogP contribution in [0.25, 0.3) is 0 Å². The standard InChI is InChI=1S/C13H18BrClN2O2S/c1-9(10-3-2-6-16-8-10)17-20(18,19)11-4-5-13(15)12(14)7-11/h4-5,7,9-10,16-17H,2-3,6,8H2,1H3. The minimum atomic E-state index is -3.51. The van der Waals surface area contributed by atoms with E-state index in [1.807, 2.05) is 6.92 Å². The van der Waals surface area contributed by atoms with Gasteiger partial charge in [-0.3, -0.25) is 0 Å². The lowest BCUT2D eigenvalue weighted by Gasteiger charge is -2.28. The van der Waals surface area contributed by atoms with Gasteiger partial charge in [0, 0.05) is 10.5 Å². The molecule has 1 aromatic carbocycles. The highest BCUT2D eigenvalue weighted by Gasteiger charge is 2.25. The molecule has 0 amide bonds. The molecule has 2 unspecified atom stereocenters. The van der Waals surface area contributed by atoms with Crippen LogP contribution in [0.3, 0.4) is 0 Å². The van der Waals surface area contributed by atoms with Crippen molar-refractivity contribution in [1.29, 1.82) is 0 Å². The first-order valence-electron chi connectivity index (χ1n) is 6.58. The second-order valence-corrected chi connectivity index (χ2v) is 8.07. The predicted octanol–water partition coefficient (Wildman–Crippen LogP) is 2.77. The molecule has 0 radical (unpaired) electrons. The van der Waals surface area contributed by atoms with Crippen LogP contribution in [0.4, 0.5) is 0 Å². The Morgan fingerprint density at radius 2 is 2.25 bits per heavy atom. The average Bonchev–Trinajstić information content (AvgIpc) is 2.42. The number of rotatable bonds is 4. The molecule has 1 aromatic rings. The zero-order valence-corrected chi connectivity index (χ0v) is 14.4. The van der Waals surface area contributed by atoms with Crippen molar-refractivity contribution in [3.05, 3.63) is 27.7 Å². The highest BCUT2D eigenvalue weighted by molar-refractivity contribution is 9.10. The Labute approximate surface area is 133 Å². The van der Waals surface area contributed by atoms with E-state index in [1.165, 1.54) is 12.1 Å². The number of piperidine rings is 1. The third-order valence-electron chi connectivity index (χ3n) is 3.58. The van der Waals surface area contributed by atoms with Gasteiger partial charge in [-0.05, 0) is 72.9 Å². The van der Waals surface area contributed by atoms with Gasteiger partial charge in [-0.2, -0.15) is 0 Å². The van der Waals surface area contributed by atoms with Crippen LogP contribution >= 0.6 is 27.5 Å². The fourth-order valence-corrected chi connectivity index (χ4v) is 4.34. The van der Waals surface area contributed by atoms with Crippen molar-refractivity contribution in [2.24, 2.45) is 5.92 Å².